The maximum Gasteiger partial charge on any atom is 0.224 e. The minimum absolute atomic E-state index is 0.0682. The van der Waals surface area contributed by atoms with Crippen LogP contribution in [0.5, 0.6) is 0 Å². The fraction of sp³-hybridized carbons (Fsp3) is 0.120. The van der Waals surface area contributed by atoms with E-state index in [1.165, 1.54) is 16.8 Å². The average molecular weight is 443 g/mol. The lowest BCUT2D eigenvalue weighted by Gasteiger charge is -2.10. The summed E-state index contributed by atoms with van der Waals surface area (Å²) in [4.78, 5) is 24.8. The highest BCUT2D eigenvalue weighted by molar-refractivity contribution is 5.96. The van der Waals surface area contributed by atoms with Crippen molar-refractivity contribution in [1.29, 1.82) is 0 Å². The lowest BCUT2D eigenvalue weighted by molar-refractivity contribution is -0.116. The SMILES string of the molecule is Nc1ccc(-c2ccc(F)cc2)cc1NC(=O)CCc1cn(CC(=O)c2ccccc2)nn1. The molecule has 4 aromatic rings. The van der Waals surface area contributed by atoms with Crippen molar-refractivity contribution in [2.75, 3.05) is 11.1 Å². The molecule has 0 unspecified atom stereocenters. The predicted octanol–water partition coefficient (Wildman–Crippen LogP) is 4.12. The molecule has 7 nitrogen and oxygen atoms in total. The first-order valence-corrected chi connectivity index (χ1v) is 10.4. The Morgan fingerprint density at radius 1 is 0.970 bits per heavy atom. The fourth-order valence-corrected chi connectivity index (χ4v) is 3.33. The van der Waals surface area contributed by atoms with E-state index in [0.717, 1.165) is 11.1 Å². The Bertz CT molecular complexity index is 1270. The number of aryl methyl sites for hydroxylation is 1. The Morgan fingerprint density at radius 3 is 2.45 bits per heavy atom. The first-order valence-electron chi connectivity index (χ1n) is 10.4. The molecular weight excluding hydrogens is 421 g/mol. The van der Waals surface area contributed by atoms with E-state index in [9.17, 15) is 14.0 Å². The summed E-state index contributed by atoms with van der Waals surface area (Å²) in [5, 5.41) is 10.8. The third-order valence-corrected chi connectivity index (χ3v) is 5.10. The van der Waals surface area contributed by atoms with E-state index in [2.05, 4.69) is 15.6 Å². The molecule has 1 amide bonds. The van der Waals surface area contributed by atoms with Gasteiger partial charge in [-0.15, -0.1) is 5.10 Å². The van der Waals surface area contributed by atoms with Gasteiger partial charge in [0.2, 0.25) is 5.91 Å². The molecule has 8 heteroatoms. The van der Waals surface area contributed by atoms with E-state index in [0.29, 0.717) is 29.1 Å². The lowest BCUT2D eigenvalue weighted by atomic mass is 10.0. The smallest absolute Gasteiger partial charge is 0.224 e. The molecule has 0 aliphatic rings. The van der Waals surface area contributed by atoms with Crippen molar-refractivity contribution in [3.05, 3.63) is 96.1 Å². The van der Waals surface area contributed by atoms with Crippen molar-refractivity contribution < 1.29 is 14.0 Å². The van der Waals surface area contributed by atoms with Gasteiger partial charge in [0, 0.05) is 24.6 Å². The van der Waals surface area contributed by atoms with Crippen molar-refractivity contribution in [2.24, 2.45) is 0 Å². The molecule has 3 N–H and O–H groups in total. The standard InChI is InChI=1S/C25H22FN5O2/c26-20-9-6-17(7-10-20)19-8-12-22(27)23(14-19)28-25(33)13-11-21-15-31(30-29-21)16-24(32)18-4-2-1-3-5-18/h1-10,12,14-15H,11,13,16,27H2,(H,28,33). The topological polar surface area (TPSA) is 103 Å². The summed E-state index contributed by atoms with van der Waals surface area (Å²) in [7, 11) is 0. The number of hydrogen-bond acceptors (Lipinski definition) is 5. The Labute approximate surface area is 190 Å². The summed E-state index contributed by atoms with van der Waals surface area (Å²) in [6.45, 7) is 0.0793. The molecule has 1 heterocycles. The number of nitrogens with zero attached hydrogens (tertiary/aromatic N) is 3. The number of anilines is 2. The number of rotatable bonds is 8. The summed E-state index contributed by atoms with van der Waals surface area (Å²) < 4.78 is 14.6. The minimum atomic E-state index is -0.316. The van der Waals surface area contributed by atoms with Crippen molar-refractivity contribution in [2.45, 2.75) is 19.4 Å². The summed E-state index contributed by atoms with van der Waals surface area (Å²) in [6, 6.07) is 20.3. The van der Waals surface area contributed by atoms with Crippen LogP contribution < -0.4 is 11.1 Å². The monoisotopic (exact) mass is 443 g/mol. The largest absolute Gasteiger partial charge is 0.397 e. The van der Waals surface area contributed by atoms with Crippen molar-refractivity contribution in [3.8, 4) is 11.1 Å². The summed E-state index contributed by atoms with van der Waals surface area (Å²) in [5.41, 5.74) is 9.77. The second kappa shape index (κ2) is 9.86. The zero-order chi connectivity index (χ0) is 23.2. The van der Waals surface area contributed by atoms with E-state index in [4.69, 9.17) is 5.73 Å². The van der Waals surface area contributed by atoms with Crippen LogP contribution in [0.4, 0.5) is 15.8 Å². The molecule has 4 rings (SSSR count). The molecular formula is C25H22FN5O2. The number of benzene rings is 3. The Kier molecular flexibility index (Phi) is 6.54. The second-order valence-corrected chi connectivity index (χ2v) is 7.55. The van der Waals surface area contributed by atoms with Gasteiger partial charge in [0.05, 0.1) is 17.1 Å². The number of nitrogens with one attached hydrogen (secondary N) is 1. The number of aromatic nitrogens is 3. The number of halogens is 1. The van der Waals surface area contributed by atoms with Crippen LogP contribution in [0, 0.1) is 5.82 Å². The highest BCUT2D eigenvalue weighted by Gasteiger charge is 2.11. The van der Waals surface area contributed by atoms with Crippen molar-refractivity contribution in [3.63, 3.8) is 0 Å². The van der Waals surface area contributed by atoms with Crippen LogP contribution >= 0.6 is 0 Å². The van der Waals surface area contributed by atoms with Crippen molar-refractivity contribution in [1.82, 2.24) is 15.0 Å². The van der Waals surface area contributed by atoms with Gasteiger partial charge in [0.1, 0.15) is 12.4 Å². The number of carbonyl (C=O) groups excluding carboxylic acids is 2. The van der Waals surface area contributed by atoms with Gasteiger partial charge in [-0.2, -0.15) is 0 Å². The van der Waals surface area contributed by atoms with Crippen LogP contribution in [0.15, 0.2) is 79.0 Å². The molecule has 0 atom stereocenters. The van der Waals surface area contributed by atoms with Crippen LogP contribution in [-0.2, 0) is 17.8 Å². The molecule has 166 valence electrons. The Morgan fingerprint density at radius 2 is 1.70 bits per heavy atom. The normalized spacial score (nSPS) is 10.7. The quantitative estimate of drug-likeness (QED) is 0.315. The zero-order valence-corrected chi connectivity index (χ0v) is 17.7. The minimum Gasteiger partial charge on any atom is -0.397 e. The van der Waals surface area contributed by atoms with Crippen LogP contribution in [-0.4, -0.2) is 26.7 Å². The molecule has 0 aliphatic heterocycles. The summed E-state index contributed by atoms with van der Waals surface area (Å²) in [5.74, 6) is -0.613. The van der Waals surface area contributed by atoms with E-state index >= 15 is 0 Å². The van der Waals surface area contributed by atoms with Crippen LogP contribution in [0.25, 0.3) is 11.1 Å². The lowest BCUT2D eigenvalue weighted by Crippen LogP contribution is -2.14. The molecule has 0 fully saturated rings. The summed E-state index contributed by atoms with van der Waals surface area (Å²) in [6.07, 6.45) is 2.20. The van der Waals surface area contributed by atoms with E-state index in [-0.39, 0.29) is 30.5 Å². The first kappa shape index (κ1) is 21.9. The maximum atomic E-state index is 13.2. The van der Waals surface area contributed by atoms with Crippen LogP contribution in [0.3, 0.4) is 0 Å². The van der Waals surface area contributed by atoms with Gasteiger partial charge in [-0.05, 0) is 35.4 Å². The van der Waals surface area contributed by atoms with E-state index < -0.39 is 0 Å². The zero-order valence-electron chi connectivity index (χ0n) is 17.7. The van der Waals surface area contributed by atoms with E-state index in [1.807, 2.05) is 12.1 Å². The van der Waals surface area contributed by atoms with Gasteiger partial charge >= 0.3 is 0 Å². The molecule has 0 radical (unpaired) electrons. The molecule has 0 saturated heterocycles. The van der Waals surface area contributed by atoms with E-state index in [1.54, 1.807) is 54.7 Å². The second-order valence-electron chi connectivity index (χ2n) is 7.55. The van der Waals surface area contributed by atoms with Gasteiger partial charge in [-0.25, -0.2) is 9.07 Å². The number of hydrogen-bond donors (Lipinski definition) is 2. The molecule has 3 aromatic carbocycles. The molecule has 33 heavy (non-hydrogen) atoms. The molecule has 0 aliphatic carbocycles. The molecule has 0 saturated carbocycles. The average Bonchev–Trinajstić information content (AvgIpc) is 3.27. The third kappa shape index (κ3) is 5.68. The number of ketones is 1. The number of Topliss-reactive ketones (excluding diaryl/α,β-unsaturated/α-hetero) is 1. The Hall–Kier alpha value is -4.33. The molecule has 1 aromatic heterocycles. The van der Waals surface area contributed by atoms with Crippen LogP contribution in [0.2, 0.25) is 0 Å². The van der Waals surface area contributed by atoms with Gasteiger partial charge in [0.25, 0.3) is 0 Å². The third-order valence-electron chi connectivity index (χ3n) is 5.10. The maximum absolute atomic E-state index is 13.2. The number of amides is 1. The highest BCUT2D eigenvalue weighted by Crippen LogP contribution is 2.27. The number of carbonyl (C=O) groups is 2. The fourth-order valence-electron chi connectivity index (χ4n) is 3.33. The Balaban J connectivity index is 1.34. The van der Waals surface area contributed by atoms with Gasteiger partial charge in [-0.1, -0.05) is 53.7 Å². The summed E-state index contributed by atoms with van der Waals surface area (Å²) >= 11 is 0. The van der Waals surface area contributed by atoms with Crippen molar-refractivity contribution >= 4 is 23.1 Å². The highest BCUT2D eigenvalue weighted by atomic mass is 19.1. The van der Waals surface area contributed by atoms with Gasteiger partial charge in [0.15, 0.2) is 5.78 Å². The number of nitrogen functional groups attached to an aromatic ring is 1. The molecule has 0 bridgehead atoms. The first-order chi connectivity index (χ1) is 16.0. The van der Waals surface area contributed by atoms with Gasteiger partial charge < -0.3 is 11.1 Å². The number of nitrogens with two attached hydrogens (primary N) is 1. The van der Waals surface area contributed by atoms with Crippen LogP contribution in [0.1, 0.15) is 22.5 Å². The molecule has 0 spiro atoms. The predicted molar refractivity (Wildman–Crippen MR) is 124 cm³/mol. The van der Waals surface area contributed by atoms with Gasteiger partial charge in [-0.3, -0.25) is 9.59 Å².